The van der Waals surface area contributed by atoms with Gasteiger partial charge in [0.25, 0.3) is 0 Å². The minimum Gasteiger partial charge on any atom is -0.449 e. The Labute approximate surface area is 214 Å². The Morgan fingerprint density at radius 3 is 2.11 bits per heavy atom. The summed E-state index contributed by atoms with van der Waals surface area (Å²) in [7, 11) is 0. The third-order valence-corrected chi connectivity index (χ3v) is 8.60. The number of fused-ring (bicyclic) bond motifs is 5. The molecule has 2 heterocycles. The maximum Gasteiger partial charge on any atom is 0.407 e. The van der Waals surface area contributed by atoms with Crippen molar-refractivity contribution in [2.75, 3.05) is 13.2 Å². The Morgan fingerprint density at radius 1 is 0.833 bits per heavy atom. The number of carbonyl (C=O) groups excluding carboxylic acids is 1. The van der Waals surface area contributed by atoms with Gasteiger partial charge in [-0.3, -0.25) is 4.90 Å². The van der Waals surface area contributed by atoms with E-state index in [4.69, 9.17) is 4.74 Å². The van der Waals surface area contributed by atoms with Crippen molar-refractivity contribution in [2.45, 2.75) is 63.1 Å². The average Bonchev–Trinajstić information content (AvgIpc) is 3.22. The first-order valence-corrected chi connectivity index (χ1v) is 13.6. The van der Waals surface area contributed by atoms with Crippen molar-refractivity contribution in [1.29, 1.82) is 0 Å². The van der Waals surface area contributed by atoms with Crippen LogP contribution in [-0.4, -0.2) is 36.2 Å². The van der Waals surface area contributed by atoms with Crippen molar-refractivity contribution >= 4 is 6.09 Å². The second kappa shape index (κ2) is 10.5. The fourth-order valence-corrected chi connectivity index (χ4v) is 6.91. The van der Waals surface area contributed by atoms with Crippen LogP contribution in [0.5, 0.6) is 0 Å². The molecule has 2 saturated heterocycles. The number of nitrogens with zero attached hydrogens (tertiary/aromatic N) is 1. The molecule has 4 heteroatoms. The normalized spacial score (nSPS) is 23.1. The van der Waals surface area contributed by atoms with Crippen LogP contribution in [0, 0.1) is 5.92 Å². The van der Waals surface area contributed by atoms with Gasteiger partial charge in [-0.05, 0) is 65.8 Å². The predicted molar refractivity (Wildman–Crippen MR) is 144 cm³/mol. The van der Waals surface area contributed by atoms with Gasteiger partial charge in [0.05, 0.1) is 0 Å². The number of nitrogens with one attached hydrogen (secondary N) is 1. The van der Waals surface area contributed by atoms with E-state index in [1.165, 1.54) is 59.9 Å². The summed E-state index contributed by atoms with van der Waals surface area (Å²) in [6, 6.07) is 29.2. The topological polar surface area (TPSA) is 41.6 Å². The number of amides is 1. The SMILES string of the molecule is O=C(NCCC1CC2CCCC(C1)N2Cc1ccccc1)OCC1c2ccccc2-c2ccccc21. The van der Waals surface area contributed by atoms with Gasteiger partial charge in [-0.1, -0.05) is 85.3 Å². The van der Waals surface area contributed by atoms with E-state index in [0.717, 1.165) is 13.0 Å². The van der Waals surface area contributed by atoms with E-state index in [0.29, 0.717) is 31.2 Å². The lowest BCUT2D eigenvalue weighted by Gasteiger charge is -2.49. The smallest absolute Gasteiger partial charge is 0.407 e. The molecule has 4 nitrogen and oxygen atoms in total. The molecule has 0 spiro atoms. The molecule has 3 aromatic carbocycles. The second-order valence-corrected chi connectivity index (χ2v) is 10.8. The van der Waals surface area contributed by atoms with Gasteiger partial charge in [-0.15, -0.1) is 0 Å². The van der Waals surface area contributed by atoms with Gasteiger partial charge in [0, 0.05) is 31.1 Å². The standard InChI is InChI=1S/C32H36N2O2/c35-32(36-22-31-29-15-6-4-13-27(29)28-14-5-7-16-30(28)31)33-18-17-24-19-25-11-8-12-26(20-24)34(25)21-23-9-2-1-3-10-23/h1-7,9-10,13-16,24-26,31H,8,11-12,17-22H2,(H,33,35). The van der Waals surface area contributed by atoms with Crippen molar-refractivity contribution in [2.24, 2.45) is 5.92 Å². The summed E-state index contributed by atoms with van der Waals surface area (Å²) >= 11 is 0. The summed E-state index contributed by atoms with van der Waals surface area (Å²) in [5.74, 6) is 0.790. The van der Waals surface area contributed by atoms with Gasteiger partial charge in [0.1, 0.15) is 6.61 Å². The number of ether oxygens (including phenoxy) is 1. The van der Waals surface area contributed by atoms with E-state index < -0.39 is 0 Å². The van der Waals surface area contributed by atoms with E-state index in [-0.39, 0.29) is 12.0 Å². The Hall–Kier alpha value is -3.11. The van der Waals surface area contributed by atoms with Crippen LogP contribution < -0.4 is 5.32 Å². The average molecular weight is 481 g/mol. The zero-order valence-electron chi connectivity index (χ0n) is 20.9. The number of piperidine rings is 2. The second-order valence-electron chi connectivity index (χ2n) is 10.8. The van der Waals surface area contributed by atoms with Crippen LogP contribution >= 0.6 is 0 Å². The van der Waals surface area contributed by atoms with Crippen LogP contribution in [0.15, 0.2) is 78.9 Å². The first kappa shape index (κ1) is 23.3. The number of hydrogen-bond donors (Lipinski definition) is 1. The zero-order valence-corrected chi connectivity index (χ0v) is 20.9. The summed E-state index contributed by atoms with van der Waals surface area (Å²) in [5.41, 5.74) is 6.43. The van der Waals surface area contributed by atoms with Crippen LogP contribution in [0.1, 0.15) is 61.1 Å². The van der Waals surface area contributed by atoms with Gasteiger partial charge in [-0.2, -0.15) is 0 Å². The molecule has 2 bridgehead atoms. The van der Waals surface area contributed by atoms with Crippen LogP contribution in [0.25, 0.3) is 11.1 Å². The number of hydrogen-bond acceptors (Lipinski definition) is 3. The molecule has 1 N–H and O–H groups in total. The van der Waals surface area contributed by atoms with Gasteiger partial charge in [0.15, 0.2) is 0 Å². The Bertz CT molecular complexity index is 1130. The molecule has 2 unspecified atom stereocenters. The third-order valence-electron chi connectivity index (χ3n) is 8.60. The molecular formula is C32H36N2O2. The highest BCUT2D eigenvalue weighted by molar-refractivity contribution is 5.79. The molecule has 0 aromatic heterocycles. The minimum absolute atomic E-state index is 0.108. The molecule has 6 rings (SSSR count). The summed E-state index contributed by atoms with van der Waals surface area (Å²) in [5, 5.41) is 3.04. The Morgan fingerprint density at radius 2 is 1.44 bits per heavy atom. The molecule has 0 saturated carbocycles. The van der Waals surface area contributed by atoms with E-state index in [9.17, 15) is 4.79 Å². The maximum absolute atomic E-state index is 12.6. The molecule has 1 amide bonds. The fraction of sp³-hybridized carbons (Fsp3) is 0.406. The molecule has 36 heavy (non-hydrogen) atoms. The molecular weight excluding hydrogens is 444 g/mol. The quantitative estimate of drug-likeness (QED) is 0.407. The predicted octanol–water partition coefficient (Wildman–Crippen LogP) is 6.75. The zero-order chi connectivity index (χ0) is 24.3. The minimum atomic E-state index is -0.293. The van der Waals surface area contributed by atoms with E-state index in [1.54, 1.807) is 0 Å². The molecule has 3 aliphatic rings. The van der Waals surface area contributed by atoms with E-state index in [2.05, 4.69) is 89.1 Å². The maximum atomic E-state index is 12.6. The van der Waals surface area contributed by atoms with E-state index in [1.807, 2.05) is 0 Å². The molecule has 186 valence electrons. The van der Waals surface area contributed by atoms with Crippen LogP contribution in [0.3, 0.4) is 0 Å². The lowest BCUT2D eigenvalue weighted by atomic mass is 9.77. The summed E-state index contributed by atoms with van der Waals surface area (Å²) in [6.07, 6.45) is 7.20. The van der Waals surface area contributed by atoms with E-state index >= 15 is 0 Å². The number of rotatable bonds is 7. The van der Waals surface area contributed by atoms with Crippen LogP contribution in [-0.2, 0) is 11.3 Å². The van der Waals surface area contributed by atoms with Crippen molar-refractivity contribution < 1.29 is 9.53 Å². The first-order chi connectivity index (χ1) is 17.8. The van der Waals surface area contributed by atoms with Gasteiger partial charge < -0.3 is 10.1 Å². The first-order valence-electron chi connectivity index (χ1n) is 13.6. The highest BCUT2D eigenvalue weighted by Gasteiger charge is 2.37. The van der Waals surface area contributed by atoms with Crippen molar-refractivity contribution in [3.8, 4) is 11.1 Å². The molecule has 2 aliphatic heterocycles. The number of carbonyl (C=O) groups is 1. The summed E-state index contributed by atoms with van der Waals surface area (Å²) in [6.45, 7) is 2.14. The summed E-state index contributed by atoms with van der Waals surface area (Å²) in [4.78, 5) is 15.3. The highest BCUT2D eigenvalue weighted by atomic mass is 16.5. The highest BCUT2D eigenvalue weighted by Crippen LogP contribution is 2.44. The molecule has 2 fully saturated rings. The number of benzene rings is 3. The molecule has 0 radical (unpaired) electrons. The molecule has 1 aliphatic carbocycles. The molecule has 2 atom stereocenters. The Balaban J connectivity index is 0.988. The number of alkyl carbamates (subject to hydrolysis) is 1. The van der Waals surface area contributed by atoms with Crippen molar-refractivity contribution in [1.82, 2.24) is 10.2 Å². The van der Waals surface area contributed by atoms with Gasteiger partial charge >= 0.3 is 6.09 Å². The van der Waals surface area contributed by atoms with Crippen molar-refractivity contribution in [3.05, 3.63) is 95.6 Å². The Kier molecular flexibility index (Phi) is 6.78. The van der Waals surface area contributed by atoms with Gasteiger partial charge in [-0.25, -0.2) is 4.79 Å². The molecule has 3 aromatic rings. The third kappa shape index (κ3) is 4.79. The van der Waals surface area contributed by atoms with Crippen LogP contribution in [0.4, 0.5) is 4.79 Å². The monoisotopic (exact) mass is 480 g/mol. The van der Waals surface area contributed by atoms with Gasteiger partial charge in [0.2, 0.25) is 0 Å². The van der Waals surface area contributed by atoms with Crippen molar-refractivity contribution in [3.63, 3.8) is 0 Å². The summed E-state index contributed by atoms with van der Waals surface area (Å²) < 4.78 is 5.73. The largest absolute Gasteiger partial charge is 0.449 e. The lowest BCUT2D eigenvalue weighted by molar-refractivity contribution is 0.00507. The van der Waals surface area contributed by atoms with Crippen LogP contribution in [0.2, 0.25) is 0 Å². The lowest BCUT2D eigenvalue weighted by Crippen LogP contribution is -2.51. The fourth-order valence-electron chi connectivity index (χ4n) is 6.91.